The maximum atomic E-state index is 5.97. The van der Waals surface area contributed by atoms with Crippen LogP contribution in [0.3, 0.4) is 0 Å². The van der Waals surface area contributed by atoms with Crippen LogP contribution in [0.1, 0.15) is 19.3 Å². The second-order valence-corrected chi connectivity index (χ2v) is 6.03. The predicted octanol–water partition coefficient (Wildman–Crippen LogP) is 3.15. The number of hydrogen-bond donors (Lipinski definition) is 1. The molecule has 0 unspecified atom stereocenters. The van der Waals surface area contributed by atoms with Crippen molar-refractivity contribution < 1.29 is 4.74 Å². The third-order valence-electron chi connectivity index (χ3n) is 4.31. The van der Waals surface area contributed by atoms with E-state index in [0.717, 1.165) is 51.3 Å². The van der Waals surface area contributed by atoms with E-state index in [9.17, 15) is 0 Å². The summed E-state index contributed by atoms with van der Waals surface area (Å²) in [6.07, 6.45) is 5.65. The van der Waals surface area contributed by atoms with Gasteiger partial charge >= 0.3 is 0 Å². The molecule has 0 aliphatic carbocycles. The summed E-state index contributed by atoms with van der Waals surface area (Å²) < 4.78 is 5.97. The van der Waals surface area contributed by atoms with Crippen molar-refractivity contribution in [3.63, 3.8) is 0 Å². The van der Waals surface area contributed by atoms with Crippen molar-refractivity contribution in [1.29, 1.82) is 0 Å². The SMILES string of the molecule is CN1CCC(OCCCNc2nccc3ccccc23)CC1. The molecule has 0 spiro atoms. The maximum Gasteiger partial charge on any atom is 0.133 e. The van der Waals surface area contributed by atoms with Gasteiger partial charge in [-0.3, -0.25) is 0 Å². The Hall–Kier alpha value is -1.65. The van der Waals surface area contributed by atoms with Crippen LogP contribution in [0.15, 0.2) is 36.5 Å². The normalized spacial score (nSPS) is 17.0. The molecule has 1 fully saturated rings. The van der Waals surface area contributed by atoms with Crippen molar-refractivity contribution in [3.8, 4) is 0 Å². The standard InChI is InChI=1S/C18H25N3O/c1-21-12-8-16(9-13-21)22-14-4-10-19-18-17-6-3-2-5-15(17)7-11-20-18/h2-3,5-7,11,16H,4,8-10,12-14H2,1H3,(H,19,20). The number of nitrogens with one attached hydrogen (secondary N) is 1. The summed E-state index contributed by atoms with van der Waals surface area (Å²) >= 11 is 0. The van der Waals surface area contributed by atoms with Crippen LogP contribution in [0.25, 0.3) is 10.8 Å². The first-order chi connectivity index (χ1) is 10.8. The van der Waals surface area contributed by atoms with Crippen LogP contribution in [-0.2, 0) is 4.74 Å². The van der Waals surface area contributed by atoms with Gasteiger partial charge in [0.15, 0.2) is 0 Å². The largest absolute Gasteiger partial charge is 0.378 e. The highest BCUT2D eigenvalue weighted by Gasteiger charge is 2.16. The summed E-state index contributed by atoms with van der Waals surface area (Å²) in [7, 11) is 2.18. The molecule has 1 aromatic carbocycles. The minimum Gasteiger partial charge on any atom is -0.378 e. The van der Waals surface area contributed by atoms with E-state index in [2.05, 4.69) is 46.5 Å². The zero-order chi connectivity index (χ0) is 15.2. The van der Waals surface area contributed by atoms with Gasteiger partial charge in [0, 0.05) is 37.8 Å². The summed E-state index contributed by atoms with van der Waals surface area (Å²) in [5.74, 6) is 0.970. The number of rotatable bonds is 6. The summed E-state index contributed by atoms with van der Waals surface area (Å²) in [4.78, 5) is 6.81. The minimum absolute atomic E-state index is 0.451. The highest BCUT2D eigenvalue weighted by molar-refractivity contribution is 5.91. The van der Waals surface area contributed by atoms with Gasteiger partial charge in [-0.05, 0) is 37.8 Å². The van der Waals surface area contributed by atoms with Crippen molar-refractivity contribution in [3.05, 3.63) is 36.5 Å². The fourth-order valence-corrected chi connectivity index (χ4v) is 2.94. The molecule has 3 rings (SSSR count). The molecule has 2 heterocycles. The minimum atomic E-state index is 0.451. The fraction of sp³-hybridized carbons (Fsp3) is 0.500. The van der Waals surface area contributed by atoms with E-state index in [1.54, 1.807) is 0 Å². The van der Waals surface area contributed by atoms with Crippen molar-refractivity contribution in [1.82, 2.24) is 9.88 Å². The number of benzene rings is 1. The highest BCUT2D eigenvalue weighted by Crippen LogP contribution is 2.20. The Morgan fingerprint density at radius 1 is 1.23 bits per heavy atom. The van der Waals surface area contributed by atoms with Gasteiger partial charge < -0.3 is 15.0 Å². The summed E-state index contributed by atoms with van der Waals surface area (Å²) in [6, 6.07) is 10.4. The first kappa shape index (κ1) is 15.3. The first-order valence-corrected chi connectivity index (χ1v) is 8.21. The number of pyridine rings is 1. The van der Waals surface area contributed by atoms with E-state index < -0.39 is 0 Å². The van der Waals surface area contributed by atoms with Crippen LogP contribution >= 0.6 is 0 Å². The van der Waals surface area contributed by atoms with Gasteiger partial charge in [-0.2, -0.15) is 0 Å². The van der Waals surface area contributed by atoms with Gasteiger partial charge in [0.1, 0.15) is 5.82 Å². The number of ether oxygens (including phenoxy) is 1. The zero-order valence-electron chi connectivity index (χ0n) is 13.3. The molecular weight excluding hydrogens is 274 g/mol. The second-order valence-electron chi connectivity index (χ2n) is 6.03. The van der Waals surface area contributed by atoms with Gasteiger partial charge in [-0.1, -0.05) is 24.3 Å². The Morgan fingerprint density at radius 2 is 2.05 bits per heavy atom. The van der Waals surface area contributed by atoms with E-state index in [1.807, 2.05) is 12.3 Å². The highest BCUT2D eigenvalue weighted by atomic mass is 16.5. The molecule has 118 valence electrons. The van der Waals surface area contributed by atoms with Crippen molar-refractivity contribution in [2.75, 3.05) is 38.6 Å². The van der Waals surface area contributed by atoms with Crippen LogP contribution < -0.4 is 5.32 Å². The summed E-state index contributed by atoms with van der Waals surface area (Å²) in [6.45, 7) is 4.03. The zero-order valence-corrected chi connectivity index (χ0v) is 13.3. The van der Waals surface area contributed by atoms with Gasteiger partial charge in [0.25, 0.3) is 0 Å². The summed E-state index contributed by atoms with van der Waals surface area (Å²) in [5, 5.41) is 5.84. The van der Waals surface area contributed by atoms with Crippen LogP contribution in [0, 0.1) is 0 Å². The molecule has 1 saturated heterocycles. The van der Waals surface area contributed by atoms with E-state index in [1.165, 1.54) is 10.8 Å². The maximum absolute atomic E-state index is 5.97. The molecule has 0 radical (unpaired) electrons. The molecule has 1 N–H and O–H groups in total. The first-order valence-electron chi connectivity index (χ1n) is 8.21. The van der Waals surface area contributed by atoms with Gasteiger partial charge in [-0.25, -0.2) is 4.98 Å². The van der Waals surface area contributed by atoms with Crippen LogP contribution in [0.5, 0.6) is 0 Å². The lowest BCUT2D eigenvalue weighted by Crippen LogP contribution is -2.34. The van der Waals surface area contributed by atoms with Gasteiger partial charge in [0.2, 0.25) is 0 Å². The number of aromatic nitrogens is 1. The topological polar surface area (TPSA) is 37.4 Å². The molecule has 0 bridgehead atoms. The van der Waals surface area contributed by atoms with Crippen LogP contribution in [0.2, 0.25) is 0 Å². The number of fused-ring (bicyclic) bond motifs is 1. The van der Waals surface area contributed by atoms with Crippen LogP contribution in [0.4, 0.5) is 5.82 Å². The molecule has 0 atom stereocenters. The smallest absolute Gasteiger partial charge is 0.133 e. The molecule has 4 nitrogen and oxygen atoms in total. The third-order valence-corrected chi connectivity index (χ3v) is 4.31. The average molecular weight is 299 g/mol. The number of nitrogens with zero attached hydrogens (tertiary/aromatic N) is 2. The Kier molecular flexibility index (Phi) is 5.24. The lowest BCUT2D eigenvalue weighted by molar-refractivity contribution is 0.0125. The molecule has 22 heavy (non-hydrogen) atoms. The van der Waals surface area contributed by atoms with Crippen molar-refractivity contribution in [2.45, 2.75) is 25.4 Å². The Labute approximate surface area is 132 Å². The lowest BCUT2D eigenvalue weighted by atomic mass is 10.1. The Bertz CT molecular complexity index is 588. The Morgan fingerprint density at radius 3 is 2.91 bits per heavy atom. The van der Waals surface area contributed by atoms with Crippen molar-refractivity contribution >= 4 is 16.6 Å². The van der Waals surface area contributed by atoms with Gasteiger partial charge in [-0.15, -0.1) is 0 Å². The molecule has 1 aliphatic heterocycles. The number of piperidine rings is 1. The van der Waals surface area contributed by atoms with Crippen LogP contribution in [-0.4, -0.2) is 49.3 Å². The Balaban J connectivity index is 1.41. The third kappa shape index (κ3) is 3.96. The van der Waals surface area contributed by atoms with E-state index in [0.29, 0.717) is 6.10 Å². The predicted molar refractivity (Wildman–Crippen MR) is 91.3 cm³/mol. The second kappa shape index (κ2) is 7.56. The van der Waals surface area contributed by atoms with E-state index in [4.69, 9.17) is 4.74 Å². The van der Waals surface area contributed by atoms with Gasteiger partial charge in [0.05, 0.1) is 6.10 Å². The molecule has 0 saturated carbocycles. The molecule has 0 amide bonds. The summed E-state index contributed by atoms with van der Waals surface area (Å²) in [5.41, 5.74) is 0. The molecule has 2 aromatic rings. The van der Waals surface area contributed by atoms with E-state index in [-0.39, 0.29) is 0 Å². The molecule has 4 heteroatoms. The number of anilines is 1. The molecule has 1 aromatic heterocycles. The monoisotopic (exact) mass is 299 g/mol. The number of likely N-dealkylation sites (tertiary alicyclic amines) is 1. The number of hydrogen-bond acceptors (Lipinski definition) is 4. The lowest BCUT2D eigenvalue weighted by Gasteiger charge is -2.28. The molecular formula is C18H25N3O. The van der Waals surface area contributed by atoms with Crippen molar-refractivity contribution in [2.24, 2.45) is 0 Å². The van der Waals surface area contributed by atoms with E-state index >= 15 is 0 Å². The average Bonchev–Trinajstić information content (AvgIpc) is 2.56. The fourth-order valence-electron chi connectivity index (χ4n) is 2.94. The quantitative estimate of drug-likeness (QED) is 0.832. The molecule has 1 aliphatic rings.